The van der Waals surface area contributed by atoms with Crippen LogP contribution in [0.2, 0.25) is 0 Å². The summed E-state index contributed by atoms with van der Waals surface area (Å²) in [6.07, 6.45) is 21.2. The summed E-state index contributed by atoms with van der Waals surface area (Å²) in [7, 11) is 0. The van der Waals surface area contributed by atoms with Gasteiger partial charge in [-0.25, -0.2) is 0 Å². The zero-order valence-electron chi connectivity index (χ0n) is 20.7. The second kappa shape index (κ2) is 21.1. The Morgan fingerprint density at radius 3 is 1.53 bits per heavy atom. The summed E-state index contributed by atoms with van der Waals surface area (Å²) in [5.41, 5.74) is 8.15. The highest BCUT2D eigenvalue weighted by Gasteiger charge is 2.09. The van der Waals surface area contributed by atoms with Crippen molar-refractivity contribution in [1.82, 2.24) is 0 Å². The summed E-state index contributed by atoms with van der Waals surface area (Å²) >= 11 is 0. The van der Waals surface area contributed by atoms with Crippen molar-refractivity contribution < 1.29 is 4.79 Å². The molecule has 0 aliphatic rings. The average molecular weight is 418 g/mol. The van der Waals surface area contributed by atoms with Crippen molar-refractivity contribution in [3.63, 3.8) is 0 Å². The number of aryl methyl sites for hydroxylation is 1. The molecule has 0 saturated carbocycles. The topological polar surface area (TPSA) is 43.1 Å². The highest BCUT2D eigenvalue weighted by atomic mass is 16.1. The third-order valence-corrected chi connectivity index (χ3v) is 5.91. The number of Topliss-reactive ketones (excluding diaryl/α,β-unsaturated/α-hetero) is 1. The van der Waals surface area contributed by atoms with E-state index in [4.69, 9.17) is 5.73 Å². The number of benzene rings is 1. The third-order valence-electron chi connectivity index (χ3n) is 5.91. The normalized spacial score (nSPS) is 10.6. The Balaban J connectivity index is 0.00000263. The first-order valence-corrected chi connectivity index (χ1v) is 12.9. The van der Waals surface area contributed by atoms with Gasteiger partial charge >= 0.3 is 0 Å². The first-order valence-electron chi connectivity index (χ1n) is 12.9. The molecule has 0 aromatic heterocycles. The molecule has 30 heavy (non-hydrogen) atoms. The van der Waals surface area contributed by atoms with E-state index in [-0.39, 0.29) is 0 Å². The van der Waals surface area contributed by atoms with Crippen molar-refractivity contribution >= 4 is 5.78 Å². The molecule has 0 fully saturated rings. The van der Waals surface area contributed by atoms with Crippen LogP contribution in [0.4, 0.5) is 0 Å². The summed E-state index contributed by atoms with van der Waals surface area (Å²) < 4.78 is 0. The molecule has 2 nitrogen and oxygen atoms in total. The Kier molecular flexibility index (Phi) is 20.3. The smallest absolute Gasteiger partial charge is 0.163 e. The summed E-state index contributed by atoms with van der Waals surface area (Å²) in [4.78, 5) is 12.4. The molecule has 1 rings (SSSR count). The largest absolute Gasteiger partial charge is 0.331 e. The zero-order valence-corrected chi connectivity index (χ0v) is 20.7. The van der Waals surface area contributed by atoms with Gasteiger partial charge in [-0.15, -0.1) is 0 Å². The van der Waals surface area contributed by atoms with Crippen LogP contribution in [0.15, 0.2) is 18.2 Å². The van der Waals surface area contributed by atoms with E-state index in [2.05, 4.69) is 26.8 Å². The molecule has 1 aromatic rings. The molecule has 2 heteroatoms. The maximum absolute atomic E-state index is 12.4. The lowest BCUT2D eigenvalue weighted by Gasteiger charge is -2.07. The Bertz CT molecular complexity index is 523. The van der Waals surface area contributed by atoms with Crippen molar-refractivity contribution in [1.29, 1.82) is 0 Å². The van der Waals surface area contributed by atoms with E-state index in [1.807, 2.05) is 19.1 Å². The maximum atomic E-state index is 12.4. The van der Waals surface area contributed by atoms with E-state index in [0.29, 0.717) is 12.2 Å². The molecular formula is C28H51NO. The molecule has 174 valence electrons. The summed E-state index contributed by atoms with van der Waals surface area (Å²) in [6.45, 7) is 9.08. The Morgan fingerprint density at radius 1 is 0.700 bits per heavy atom. The molecule has 1 aromatic carbocycles. The van der Waals surface area contributed by atoms with E-state index < -0.39 is 0 Å². The van der Waals surface area contributed by atoms with Gasteiger partial charge in [0.25, 0.3) is 0 Å². The molecule has 0 saturated heterocycles. The second-order valence-corrected chi connectivity index (χ2v) is 8.78. The standard InChI is InChI=1S/C26H44O.C2H7N/c1-4-5-6-7-8-9-10-11-12-13-14-15-16-17-18-22-26(27)25-21-19-20-23(2)24(25)3;1-2-3/h19-21H,4-18,22H2,1-3H3;2-3H2,1H3. The molecule has 0 heterocycles. The molecule has 0 unspecified atom stereocenters. The van der Waals surface area contributed by atoms with E-state index in [1.165, 1.54) is 95.5 Å². The van der Waals surface area contributed by atoms with Gasteiger partial charge in [-0.2, -0.15) is 0 Å². The monoisotopic (exact) mass is 417 g/mol. The van der Waals surface area contributed by atoms with Crippen LogP contribution in [0.3, 0.4) is 0 Å². The van der Waals surface area contributed by atoms with Gasteiger partial charge in [0, 0.05) is 12.0 Å². The van der Waals surface area contributed by atoms with Gasteiger partial charge in [-0.05, 0) is 37.9 Å². The van der Waals surface area contributed by atoms with Crippen molar-refractivity contribution in [2.24, 2.45) is 5.73 Å². The SMILES string of the molecule is CCCCCCCCCCCCCCCCCC(=O)c1cccc(C)c1C.CCN. The molecule has 0 amide bonds. The fourth-order valence-electron chi connectivity index (χ4n) is 3.84. The lowest BCUT2D eigenvalue weighted by atomic mass is 9.97. The second-order valence-electron chi connectivity index (χ2n) is 8.78. The number of carbonyl (C=O) groups is 1. The zero-order chi connectivity index (χ0) is 22.5. The van der Waals surface area contributed by atoms with Gasteiger partial charge in [0.1, 0.15) is 0 Å². The fourth-order valence-corrected chi connectivity index (χ4v) is 3.84. The molecule has 0 radical (unpaired) electrons. The van der Waals surface area contributed by atoms with Gasteiger partial charge in [0.05, 0.1) is 0 Å². The van der Waals surface area contributed by atoms with Gasteiger partial charge in [-0.3, -0.25) is 4.79 Å². The van der Waals surface area contributed by atoms with Crippen LogP contribution in [-0.4, -0.2) is 12.3 Å². The fraction of sp³-hybridized carbons (Fsp3) is 0.750. The van der Waals surface area contributed by atoms with Crippen LogP contribution >= 0.6 is 0 Å². The lowest BCUT2D eigenvalue weighted by Crippen LogP contribution is -2.02. The average Bonchev–Trinajstić information content (AvgIpc) is 2.73. The number of carbonyl (C=O) groups excluding carboxylic acids is 1. The first-order chi connectivity index (χ1) is 14.6. The third kappa shape index (κ3) is 15.7. The lowest BCUT2D eigenvalue weighted by molar-refractivity contribution is 0.0978. The molecule has 2 N–H and O–H groups in total. The van der Waals surface area contributed by atoms with Crippen LogP contribution < -0.4 is 5.73 Å². The Labute approximate surface area is 188 Å². The van der Waals surface area contributed by atoms with Crippen LogP contribution in [0.5, 0.6) is 0 Å². The predicted octanol–water partition coefficient (Wildman–Crippen LogP) is 8.71. The number of unbranched alkanes of at least 4 members (excludes halogenated alkanes) is 14. The number of rotatable bonds is 17. The molecule has 0 aliphatic heterocycles. The van der Waals surface area contributed by atoms with Crippen molar-refractivity contribution in [3.05, 3.63) is 34.9 Å². The predicted molar refractivity (Wildman–Crippen MR) is 135 cm³/mol. The van der Waals surface area contributed by atoms with Crippen LogP contribution in [0, 0.1) is 13.8 Å². The van der Waals surface area contributed by atoms with Crippen LogP contribution in [0.1, 0.15) is 138 Å². The van der Waals surface area contributed by atoms with E-state index in [1.54, 1.807) is 0 Å². The van der Waals surface area contributed by atoms with Crippen LogP contribution in [-0.2, 0) is 0 Å². The van der Waals surface area contributed by atoms with E-state index in [0.717, 1.165) is 24.1 Å². The molecular weight excluding hydrogens is 366 g/mol. The van der Waals surface area contributed by atoms with Crippen molar-refractivity contribution in [3.8, 4) is 0 Å². The Hall–Kier alpha value is -1.15. The van der Waals surface area contributed by atoms with Gasteiger partial charge in [0.15, 0.2) is 5.78 Å². The van der Waals surface area contributed by atoms with E-state index in [9.17, 15) is 4.79 Å². The number of ketones is 1. The van der Waals surface area contributed by atoms with Gasteiger partial charge < -0.3 is 5.73 Å². The van der Waals surface area contributed by atoms with Crippen molar-refractivity contribution in [2.75, 3.05) is 6.54 Å². The van der Waals surface area contributed by atoms with Gasteiger partial charge in [0.2, 0.25) is 0 Å². The summed E-state index contributed by atoms with van der Waals surface area (Å²) in [6, 6.07) is 6.07. The molecule has 0 aliphatic carbocycles. The Morgan fingerprint density at radius 2 is 1.10 bits per heavy atom. The number of nitrogens with two attached hydrogens (primary N) is 1. The molecule has 0 bridgehead atoms. The highest BCUT2D eigenvalue weighted by Crippen LogP contribution is 2.17. The minimum atomic E-state index is 0.325. The first kappa shape index (κ1) is 28.9. The quantitative estimate of drug-likeness (QED) is 0.203. The highest BCUT2D eigenvalue weighted by molar-refractivity contribution is 5.97. The van der Waals surface area contributed by atoms with E-state index >= 15 is 0 Å². The summed E-state index contributed by atoms with van der Waals surface area (Å²) in [5.74, 6) is 0.325. The number of hydrogen-bond donors (Lipinski definition) is 1. The minimum Gasteiger partial charge on any atom is -0.331 e. The minimum absolute atomic E-state index is 0.325. The molecule has 0 spiro atoms. The van der Waals surface area contributed by atoms with Crippen molar-refractivity contribution in [2.45, 2.75) is 130 Å². The number of hydrogen-bond acceptors (Lipinski definition) is 2. The molecule has 0 atom stereocenters. The summed E-state index contributed by atoms with van der Waals surface area (Å²) in [5, 5.41) is 0. The van der Waals surface area contributed by atoms with Gasteiger partial charge in [-0.1, -0.05) is 122 Å². The maximum Gasteiger partial charge on any atom is 0.163 e. The van der Waals surface area contributed by atoms with Crippen LogP contribution in [0.25, 0.3) is 0 Å².